The number of nitrogens with two attached hydrogens (primary N) is 2. The molecule has 0 aromatic carbocycles. The molecule has 0 radical (unpaired) electrons. The van der Waals surface area contributed by atoms with Crippen LogP contribution in [0.1, 0.15) is 12.8 Å². The average Bonchev–Trinajstić information content (AvgIpc) is 2.02. The van der Waals surface area contributed by atoms with Gasteiger partial charge in [-0.25, -0.2) is 8.42 Å². The third-order valence-electron chi connectivity index (χ3n) is 1.71. The lowest BCUT2D eigenvalue weighted by molar-refractivity contribution is 0.593. The molecule has 13 heavy (non-hydrogen) atoms. The molecule has 0 unspecified atom stereocenters. The SMILES string of the molecule is NC(N)=NN=C1CCS(=O)(=O)CC1. The lowest BCUT2D eigenvalue weighted by Gasteiger charge is -2.11. The minimum Gasteiger partial charge on any atom is -0.369 e. The topological polar surface area (TPSA) is 111 Å². The van der Waals surface area contributed by atoms with Gasteiger partial charge in [0.25, 0.3) is 0 Å². The lowest BCUT2D eigenvalue weighted by Crippen LogP contribution is -2.24. The van der Waals surface area contributed by atoms with Gasteiger partial charge in [0.1, 0.15) is 0 Å². The van der Waals surface area contributed by atoms with Gasteiger partial charge in [-0.1, -0.05) is 0 Å². The number of hydrogen-bond acceptors (Lipinski definition) is 4. The Morgan fingerprint density at radius 3 is 2.23 bits per heavy atom. The van der Waals surface area contributed by atoms with Gasteiger partial charge in [0, 0.05) is 18.6 Å². The third-order valence-corrected chi connectivity index (χ3v) is 3.36. The van der Waals surface area contributed by atoms with E-state index in [1.807, 2.05) is 0 Å². The van der Waals surface area contributed by atoms with Crippen LogP contribution in [0.4, 0.5) is 0 Å². The number of guanidine groups is 1. The first-order valence-corrected chi connectivity index (χ1v) is 5.66. The predicted octanol–water partition coefficient (Wildman–Crippen LogP) is -1.18. The predicted molar refractivity (Wildman–Crippen MR) is 51.1 cm³/mol. The molecule has 74 valence electrons. The van der Waals surface area contributed by atoms with E-state index in [4.69, 9.17) is 11.5 Å². The van der Waals surface area contributed by atoms with Gasteiger partial charge >= 0.3 is 0 Å². The minimum atomic E-state index is -2.85. The highest BCUT2D eigenvalue weighted by Gasteiger charge is 2.19. The molecule has 1 heterocycles. The summed E-state index contributed by atoms with van der Waals surface area (Å²) in [6, 6.07) is 0. The molecule has 0 bridgehead atoms. The molecule has 1 rings (SSSR count). The number of sulfone groups is 1. The minimum absolute atomic E-state index is 0.110. The molecule has 1 saturated heterocycles. The van der Waals surface area contributed by atoms with Crippen LogP contribution in [-0.2, 0) is 9.84 Å². The second kappa shape index (κ2) is 3.73. The van der Waals surface area contributed by atoms with Crippen molar-refractivity contribution in [3.63, 3.8) is 0 Å². The molecule has 4 N–H and O–H groups in total. The maximum Gasteiger partial charge on any atom is 0.211 e. The van der Waals surface area contributed by atoms with Crippen LogP contribution in [0.25, 0.3) is 0 Å². The van der Waals surface area contributed by atoms with Crippen molar-refractivity contribution in [3.8, 4) is 0 Å². The fraction of sp³-hybridized carbons (Fsp3) is 0.667. The second-order valence-electron chi connectivity index (χ2n) is 2.84. The van der Waals surface area contributed by atoms with Gasteiger partial charge in [0.05, 0.1) is 11.5 Å². The molecule has 6 nitrogen and oxygen atoms in total. The van der Waals surface area contributed by atoms with E-state index in [1.54, 1.807) is 0 Å². The Labute approximate surface area is 76.6 Å². The Morgan fingerprint density at radius 1 is 1.23 bits per heavy atom. The van der Waals surface area contributed by atoms with Gasteiger partial charge in [-0.3, -0.25) is 0 Å². The van der Waals surface area contributed by atoms with Crippen LogP contribution in [0.3, 0.4) is 0 Å². The first kappa shape index (κ1) is 9.97. The number of hydrogen-bond donors (Lipinski definition) is 2. The summed E-state index contributed by atoms with van der Waals surface area (Å²) in [6.45, 7) is 0. The number of nitrogens with zero attached hydrogens (tertiary/aromatic N) is 2. The molecule has 0 amide bonds. The summed E-state index contributed by atoms with van der Waals surface area (Å²) in [5, 5.41) is 7.20. The summed E-state index contributed by atoms with van der Waals surface area (Å²) in [7, 11) is -2.85. The van der Waals surface area contributed by atoms with Crippen LogP contribution in [0.15, 0.2) is 10.2 Å². The van der Waals surface area contributed by atoms with E-state index in [0.717, 1.165) is 5.71 Å². The van der Waals surface area contributed by atoms with Gasteiger partial charge < -0.3 is 11.5 Å². The van der Waals surface area contributed by atoms with Crippen molar-refractivity contribution in [1.82, 2.24) is 0 Å². The van der Waals surface area contributed by atoms with Crippen LogP contribution in [0, 0.1) is 0 Å². The zero-order valence-electron chi connectivity index (χ0n) is 7.10. The van der Waals surface area contributed by atoms with Crippen molar-refractivity contribution in [3.05, 3.63) is 0 Å². The summed E-state index contributed by atoms with van der Waals surface area (Å²) in [5.74, 6) is 0.179. The molecular weight excluding hydrogens is 192 g/mol. The van der Waals surface area contributed by atoms with Crippen molar-refractivity contribution < 1.29 is 8.42 Å². The van der Waals surface area contributed by atoms with Crippen LogP contribution in [0.2, 0.25) is 0 Å². The van der Waals surface area contributed by atoms with E-state index in [1.165, 1.54) is 0 Å². The van der Waals surface area contributed by atoms with Gasteiger partial charge in [0.2, 0.25) is 5.96 Å². The van der Waals surface area contributed by atoms with E-state index < -0.39 is 9.84 Å². The molecule has 7 heteroatoms. The van der Waals surface area contributed by atoms with Gasteiger partial charge in [-0.15, -0.1) is 5.10 Å². The summed E-state index contributed by atoms with van der Waals surface area (Å²) in [6.07, 6.45) is 0.859. The van der Waals surface area contributed by atoms with Crippen molar-refractivity contribution in [2.75, 3.05) is 11.5 Å². The molecule has 0 aromatic rings. The average molecular weight is 204 g/mol. The largest absolute Gasteiger partial charge is 0.369 e. The molecule has 0 atom stereocenters. The van der Waals surface area contributed by atoms with Crippen LogP contribution in [0.5, 0.6) is 0 Å². The smallest absolute Gasteiger partial charge is 0.211 e. The second-order valence-corrected chi connectivity index (χ2v) is 5.15. The maximum atomic E-state index is 11.0. The Bertz CT molecular complexity index is 324. The Kier molecular flexibility index (Phi) is 2.86. The molecular formula is C6H12N4O2S. The molecule has 0 aliphatic carbocycles. The summed E-state index contributed by atoms with van der Waals surface area (Å²) in [4.78, 5) is 0. The summed E-state index contributed by atoms with van der Waals surface area (Å²) in [5.41, 5.74) is 10.9. The monoisotopic (exact) mass is 204 g/mol. The van der Waals surface area contributed by atoms with Crippen LogP contribution < -0.4 is 11.5 Å². The molecule has 0 saturated carbocycles. The highest BCUT2D eigenvalue weighted by atomic mass is 32.2. The fourth-order valence-corrected chi connectivity index (χ4v) is 2.30. The molecule has 1 aliphatic rings. The summed E-state index contributed by atoms with van der Waals surface area (Å²) < 4.78 is 22.0. The Balaban J connectivity index is 2.60. The molecule has 0 aromatic heterocycles. The molecule has 0 spiro atoms. The Hall–Kier alpha value is -1.11. The van der Waals surface area contributed by atoms with Crippen LogP contribution >= 0.6 is 0 Å². The van der Waals surface area contributed by atoms with Gasteiger partial charge in [-0.2, -0.15) is 5.10 Å². The van der Waals surface area contributed by atoms with Crippen molar-refractivity contribution in [2.24, 2.45) is 21.7 Å². The van der Waals surface area contributed by atoms with E-state index in [0.29, 0.717) is 12.8 Å². The molecule has 1 fully saturated rings. The van der Waals surface area contributed by atoms with Crippen molar-refractivity contribution >= 4 is 21.5 Å². The number of rotatable bonds is 1. The fourth-order valence-electron chi connectivity index (χ4n) is 1.00. The Morgan fingerprint density at radius 2 is 1.77 bits per heavy atom. The van der Waals surface area contributed by atoms with Crippen molar-refractivity contribution in [1.29, 1.82) is 0 Å². The zero-order chi connectivity index (χ0) is 9.90. The van der Waals surface area contributed by atoms with E-state index in [2.05, 4.69) is 10.2 Å². The van der Waals surface area contributed by atoms with Crippen LogP contribution in [-0.4, -0.2) is 31.6 Å². The first-order chi connectivity index (χ1) is 5.99. The molecule has 1 aliphatic heterocycles. The summed E-state index contributed by atoms with van der Waals surface area (Å²) >= 11 is 0. The quantitative estimate of drug-likeness (QED) is 0.318. The van der Waals surface area contributed by atoms with E-state index in [9.17, 15) is 8.42 Å². The standard InChI is InChI=1S/C6H12N4O2S/c7-6(8)10-9-5-1-3-13(11,12)4-2-5/h1-4H2,(H4,7,8,10). The van der Waals surface area contributed by atoms with Gasteiger partial charge in [-0.05, 0) is 0 Å². The maximum absolute atomic E-state index is 11.0. The normalized spacial score (nSPS) is 20.8. The third kappa shape index (κ3) is 3.41. The highest BCUT2D eigenvalue weighted by Crippen LogP contribution is 2.09. The van der Waals surface area contributed by atoms with Gasteiger partial charge in [0.15, 0.2) is 9.84 Å². The van der Waals surface area contributed by atoms with E-state index >= 15 is 0 Å². The first-order valence-electron chi connectivity index (χ1n) is 3.84. The lowest BCUT2D eigenvalue weighted by atomic mass is 10.2. The zero-order valence-corrected chi connectivity index (χ0v) is 7.92. The van der Waals surface area contributed by atoms with E-state index in [-0.39, 0.29) is 17.5 Å². The highest BCUT2D eigenvalue weighted by molar-refractivity contribution is 7.91. The van der Waals surface area contributed by atoms with Crippen molar-refractivity contribution in [2.45, 2.75) is 12.8 Å².